The third-order valence-corrected chi connectivity index (χ3v) is 13.1. The average Bonchev–Trinajstić information content (AvgIpc) is 3.95. The van der Waals surface area contributed by atoms with Gasteiger partial charge in [0.05, 0.1) is 22.4 Å². The fourth-order valence-electron chi connectivity index (χ4n) is 7.67. The molecule has 2 aromatic rings. The second kappa shape index (κ2) is 28.1. The molecule has 2 fully saturated rings. The van der Waals surface area contributed by atoms with E-state index >= 15 is 4.39 Å². The summed E-state index contributed by atoms with van der Waals surface area (Å²) < 4.78 is 35.7. The number of fused-ring (bicyclic) bond motifs is 2. The van der Waals surface area contributed by atoms with Gasteiger partial charge in [0.15, 0.2) is 5.78 Å². The summed E-state index contributed by atoms with van der Waals surface area (Å²) in [6.45, 7) is 31.8. The van der Waals surface area contributed by atoms with Crippen molar-refractivity contribution in [2.24, 2.45) is 16.8 Å². The predicted molar refractivity (Wildman–Crippen MR) is 256 cm³/mol. The second-order valence-electron chi connectivity index (χ2n) is 16.0. The van der Waals surface area contributed by atoms with E-state index in [1.807, 2.05) is 53.7 Å². The molecule has 3 unspecified atom stereocenters. The van der Waals surface area contributed by atoms with Crippen LogP contribution in [0.5, 0.6) is 0 Å². The number of thiophene rings is 1. The van der Waals surface area contributed by atoms with E-state index in [2.05, 4.69) is 68.9 Å². The molecule has 0 saturated carbocycles. The number of nitriles is 1. The maximum Gasteiger partial charge on any atom is 0.208 e. The normalized spacial score (nSPS) is 19.1. The van der Waals surface area contributed by atoms with Crippen LogP contribution in [0.2, 0.25) is 0 Å². The topological polar surface area (TPSA) is 68.9 Å². The number of carbonyl (C=O) groups excluding carboxylic acids is 1. The number of ether oxygens (including phenoxy) is 1. The van der Waals surface area contributed by atoms with Crippen LogP contribution in [0.25, 0.3) is 15.7 Å². The largest absolute Gasteiger partial charge is 0.481 e. The lowest BCUT2D eigenvalue weighted by molar-refractivity contribution is -0.112. The van der Waals surface area contributed by atoms with Crippen molar-refractivity contribution in [1.82, 2.24) is 9.80 Å². The minimum absolute atomic E-state index is 0.0185. The smallest absolute Gasteiger partial charge is 0.208 e. The van der Waals surface area contributed by atoms with Gasteiger partial charge < -0.3 is 14.5 Å². The lowest BCUT2D eigenvalue weighted by Gasteiger charge is -2.33. The second-order valence-corrected chi connectivity index (χ2v) is 17.4. The van der Waals surface area contributed by atoms with Gasteiger partial charge in [-0.2, -0.15) is 5.26 Å². The molecule has 3 aliphatic rings. The zero-order valence-electron chi connectivity index (χ0n) is 39.1. The Balaban J connectivity index is 0.000000601. The molecule has 0 N–H and O–H groups in total. The molecule has 1 aromatic carbocycles. The first kappa shape index (κ1) is 54.4. The summed E-state index contributed by atoms with van der Waals surface area (Å²) >= 11 is 8.00. The van der Waals surface area contributed by atoms with E-state index in [9.17, 15) is 14.4 Å². The summed E-state index contributed by atoms with van der Waals surface area (Å²) in [6, 6.07) is 6.50. The van der Waals surface area contributed by atoms with E-state index < -0.39 is 5.82 Å². The van der Waals surface area contributed by atoms with Gasteiger partial charge in [-0.05, 0) is 125 Å². The van der Waals surface area contributed by atoms with Crippen LogP contribution in [0.1, 0.15) is 156 Å². The Bertz CT molecular complexity index is 1860. The Morgan fingerprint density at radius 1 is 1.17 bits per heavy atom. The van der Waals surface area contributed by atoms with Crippen LogP contribution >= 0.6 is 22.9 Å². The minimum atomic E-state index is -0.403. The number of hydrogen-bond donors (Lipinski definition) is 0. The van der Waals surface area contributed by atoms with Crippen molar-refractivity contribution < 1.29 is 18.3 Å². The number of rotatable bonds is 13. The molecule has 0 radical (unpaired) electrons. The number of methoxy groups -OCH3 is 1. The Kier molecular flexibility index (Phi) is 25.5. The zero-order chi connectivity index (χ0) is 45.7. The van der Waals surface area contributed by atoms with Crippen LogP contribution in [-0.4, -0.2) is 61.6 Å². The number of aliphatic imine (C=N–C) groups is 1. The quantitative estimate of drug-likeness (QED) is 0.114. The first-order chi connectivity index (χ1) is 28.5. The van der Waals surface area contributed by atoms with Crippen LogP contribution in [-0.2, 0) is 9.53 Å². The summed E-state index contributed by atoms with van der Waals surface area (Å²) in [6.07, 6.45) is 14.9. The zero-order valence-corrected chi connectivity index (χ0v) is 40.7. The van der Waals surface area contributed by atoms with Crippen molar-refractivity contribution in [3.05, 3.63) is 86.8 Å². The van der Waals surface area contributed by atoms with Crippen LogP contribution in [0, 0.1) is 29.0 Å². The first-order valence-electron chi connectivity index (χ1n) is 21.9. The molecular formula is C50H75ClF2N4O2S. The van der Waals surface area contributed by atoms with Gasteiger partial charge >= 0.3 is 0 Å². The Hall–Kier alpha value is -3.58. The van der Waals surface area contributed by atoms with E-state index in [1.165, 1.54) is 69.2 Å². The van der Waals surface area contributed by atoms with Gasteiger partial charge in [-0.25, -0.2) is 13.8 Å². The maximum atomic E-state index is 15.8. The van der Waals surface area contributed by atoms with Crippen molar-refractivity contribution in [3.8, 4) is 6.07 Å². The predicted octanol–water partition coefficient (Wildman–Crippen LogP) is 14.9. The van der Waals surface area contributed by atoms with Crippen molar-refractivity contribution in [1.29, 1.82) is 5.26 Å². The SMILES string of the molecule is C=CC(C)=O.C=N/C(=C/CC)OC.CC.CCC(C)CCC(CC)N(C)/C(C)=C1\C=C(Cl)C(c2ccc(F)c3sc(C(C)C)c(C#N)c23)=C(F)C1.C[C@@H]1CC2CCCN2C1. The van der Waals surface area contributed by atoms with Crippen molar-refractivity contribution >= 4 is 51.1 Å². The summed E-state index contributed by atoms with van der Waals surface area (Å²) in [4.78, 5) is 19.0. The number of benzene rings is 1. The monoisotopic (exact) mass is 869 g/mol. The summed E-state index contributed by atoms with van der Waals surface area (Å²) in [5.41, 5.74) is 3.01. The molecule has 6 nitrogen and oxygen atoms in total. The molecule has 2 aliphatic heterocycles. The molecule has 0 bridgehead atoms. The molecule has 60 heavy (non-hydrogen) atoms. The van der Waals surface area contributed by atoms with Gasteiger partial charge in [0, 0.05) is 53.6 Å². The summed E-state index contributed by atoms with van der Waals surface area (Å²) in [7, 11) is 3.66. The molecule has 2 saturated heterocycles. The van der Waals surface area contributed by atoms with E-state index in [0.29, 0.717) is 39.1 Å². The molecule has 0 amide bonds. The fourth-order valence-corrected chi connectivity index (χ4v) is 9.19. The van der Waals surface area contributed by atoms with Gasteiger partial charge in [0.2, 0.25) is 5.88 Å². The molecule has 334 valence electrons. The molecular weight excluding hydrogens is 794 g/mol. The minimum Gasteiger partial charge on any atom is -0.481 e. The van der Waals surface area contributed by atoms with Crippen molar-refractivity contribution in [2.75, 3.05) is 27.2 Å². The van der Waals surface area contributed by atoms with Gasteiger partial charge in [-0.1, -0.05) is 93.0 Å². The summed E-state index contributed by atoms with van der Waals surface area (Å²) in [5, 5.41) is 10.6. The third kappa shape index (κ3) is 15.7. The number of allylic oxidation sites excluding steroid dienone is 8. The van der Waals surface area contributed by atoms with E-state index in [1.54, 1.807) is 13.2 Å². The van der Waals surface area contributed by atoms with Gasteiger partial charge in [0.1, 0.15) is 17.7 Å². The van der Waals surface area contributed by atoms with Crippen LogP contribution in [0.3, 0.4) is 0 Å². The first-order valence-corrected chi connectivity index (χ1v) is 23.1. The highest BCUT2D eigenvalue weighted by molar-refractivity contribution is 7.19. The molecule has 1 aromatic heterocycles. The maximum absolute atomic E-state index is 15.8. The van der Waals surface area contributed by atoms with Gasteiger partial charge in [-0.15, -0.1) is 11.3 Å². The highest BCUT2D eigenvalue weighted by Gasteiger charge is 2.32. The van der Waals surface area contributed by atoms with Crippen molar-refractivity contribution in [2.45, 2.75) is 152 Å². The fraction of sp³-hybridized carbons (Fsp3) is 0.580. The van der Waals surface area contributed by atoms with E-state index in [-0.39, 0.29) is 34.6 Å². The average molecular weight is 870 g/mol. The summed E-state index contributed by atoms with van der Waals surface area (Å²) in [5.74, 6) is 1.59. The van der Waals surface area contributed by atoms with Crippen LogP contribution in [0.15, 0.2) is 69.9 Å². The highest BCUT2D eigenvalue weighted by atomic mass is 35.5. The van der Waals surface area contributed by atoms with Crippen LogP contribution < -0.4 is 0 Å². The highest BCUT2D eigenvalue weighted by Crippen LogP contribution is 2.46. The number of nitrogens with zero attached hydrogens (tertiary/aromatic N) is 4. The van der Waals surface area contributed by atoms with Crippen molar-refractivity contribution in [3.63, 3.8) is 0 Å². The molecule has 0 spiro atoms. The number of carbonyl (C=O) groups is 1. The van der Waals surface area contributed by atoms with Crippen LogP contribution in [0.4, 0.5) is 8.78 Å². The Labute approximate surface area is 371 Å². The molecule has 4 atom stereocenters. The Morgan fingerprint density at radius 3 is 2.28 bits per heavy atom. The van der Waals surface area contributed by atoms with E-state index in [0.717, 1.165) is 53.8 Å². The van der Waals surface area contributed by atoms with Gasteiger partial charge in [0.25, 0.3) is 0 Å². The molecule has 5 rings (SSSR count). The van der Waals surface area contributed by atoms with E-state index in [4.69, 9.17) is 16.3 Å². The standard InChI is InChI=1S/C30H37ClF2N2S.C8H15N.C6H11NO.C4H6O.C2H6/c1-8-18(5)10-11-21(9-2)35(7)19(6)20-14-24(31)28(26(33)15-20)22-12-13-25(32)30-27(22)23(16-34)29(36-30)17(3)4;1-7-5-8-3-2-4-9(8)6-7;1-4-5-6(7-2)8-3;1-3-4(2)5;1-2/h12-14,17-18,21H,8-11,15H2,1-7H3;7-8H,2-6H2,1H3;5H,2,4H2,1,3H3;3H,1H2,2H3;1-2H3/b20-19+;;6-5-;;/t;7-,8?;;;/m.1.../s1. The number of ketones is 1. The van der Waals surface area contributed by atoms with Gasteiger partial charge in [-0.3, -0.25) is 4.79 Å². The molecule has 10 heteroatoms. The molecule has 1 aliphatic carbocycles. The Morgan fingerprint density at radius 2 is 1.82 bits per heavy atom. The lowest BCUT2D eigenvalue weighted by Crippen LogP contribution is -2.31. The molecule has 3 heterocycles. The third-order valence-electron chi connectivity index (χ3n) is 11.3. The number of halogens is 3. The number of hydrogen-bond acceptors (Lipinski definition) is 7. The lowest BCUT2D eigenvalue weighted by atomic mass is 9.90.